The van der Waals surface area contributed by atoms with Crippen molar-refractivity contribution >= 4 is 5.78 Å². The summed E-state index contributed by atoms with van der Waals surface area (Å²) in [5.41, 5.74) is 1.10. The van der Waals surface area contributed by atoms with Crippen LogP contribution in [0.15, 0.2) is 12.2 Å². The second-order valence-corrected chi connectivity index (χ2v) is 4.61. The number of hydrogen-bond acceptors (Lipinski definition) is 2. The van der Waals surface area contributed by atoms with Crippen LogP contribution in [0.5, 0.6) is 0 Å². The fourth-order valence-corrected chi connectivity index (χ4v) is 1.99. The minimum Gasteiger partial charge on any atom is -0.378 e. The molecule has 0 aromatic rings. The van der Waals surface area contributed by atoms with Gasteiger partial charge >= 0.3 is 0 Å². The number of allylic oxidation sites excluding steroid dienone is 1. The Hall–Kier alpha value is -0.630. The molecule has 0 amide bonds. The molecule has 2 nitrogen and oxygen atoms in total. The van der Waals surface area contributed by atoms with Gasteiger partial charge in [-0.05, 0) is 39.0 Å². The van der Waals surface area contributed by atoms with Gasteiger partial charge in [0.25, 0.3) is 0 Å². The van der Waals surface area contributed by atoms with Crippen LogP contribution >= 0.6 is 0 Å². The summed E-state index contributed by atoms with van der Waals surface area (Å²) in [6.45, 7) is 8.59. The van der Waals surface area contributed by atoms with Gasteiger partial charge in [0.05, 0.1) is 6.10 Å². The zero-order valence-electron chi connectivity index (χ0n) is 9.92. The van der Waals surface area contributed by atoms with Gasteiger partial charge < -0.3 is 4.74 Å². The molecule has 15 heavy (non-hydrogen) atoms. The number of ether oxygens (including phenoxy) is 1. The molecule has 0 heterocycles. The number of Topliss-reactive ketones (excluding diaryl/α,β-unsaturated/α-hetero) is 1. The largest absolute Gasteiger partial charge is 0.378 e. The molecule has 2 heteroatoms. The second-order valence-electron chi connectivity index (χ2n) is 4.61. The van der Waals surface area contributed by atoms with Crippen LogP contribution in [0.1, 0.15) is 46.0 Å². The third-order valence-electron chi connectivity index (χ3n) is 2.94. The fourth-order valence-electron chi connectivity index (χ4n) is 1.99. The first-order chi connectivity index (χ1) is 7.11. The van der Waals surface area contributed by atoms with Crippen molar-refractivity contribution in [2.24, 2.45) is 5.92 Å². The predicted octanol–water partition coefficient (Wildman–Crippen LogP) is 3.12. The summed E-state index contributed by atoms with van der Waals surface area (Å²) in [5, 5.41) is 0. The standard InChI is InChI=1S/C13H22O2/c1-4-15-13-8-11(9-13)7-12(14)6-5-10(2)3/h11,13H,2,4-9H2,1,3H3. The molecule has 1 fully saturated rings. The third-order valence-corrected chi connectivity index (χ3v) is 2.94. The lowest BCUT2D eigenvalue weighted by Crippen LogP contribution is -2.32. The highest BCUT2D eigenvalue weighted by Crippen LogP contribution is 2.33. The molecule has 1 saturated carbocycles. The van der Waals surface area contributed by atoms with Gasteiger partial charge in [0.15, 0.2) is 0 Å². The lowest BCUT2D eigenvalue weighted by molar-refractivity contribution is -0.122. The van der Waals surface area contributed by atoms with E-state index in [2.05, 4.69) is 6.58 Å². The van der Waals surface area contributed by atoms with E-state index in [-0.39, 0.29) is 0 Å². The predicted molar refractivity (Wildman–Crippen MR) is 61.8 cm³/mol. The van der Waals surface area contributed by atoms with Crippen molar-refractivity contribution in [1.29, 1.82) is 0 Å². The lowest BCUT2D eigenvalue weighted by Gasteiger charge is -2.34. The van der Waals surface area contributed by atoms with E-state index in [1.165, 1.54) is 0 Å². The molecule has 0 spiro atoms. The van der Waals surface area contributed by atoms with E-state index in [9.17, 15) is 4.79 Å². The molecule has 0 aromatic heterocycles. The van der Waals surface area contributed by atoms with Gasteiger partial charge in [-0.3, -0.25) is 4.79 Å². The first-order valence-corrected chi connectivity index (χ1v) is 5.89. The zero-order chi connectivity index (χ0) is 11.3. The van der Waals surface area contributed by atoms with E-state index in [4.69, 9.17) is 4.74 Å². The van der Waals surface area contributed by atoms with Crippen molar-refractivity contribution in [1.82, 2.24) is 0 Å². The Balaban J connectivity index is 2.06. The maximum atomic E-state index is 11.5. The Bertz CT molecular complexity index is 227. The fraction of sp³-hybridized carbons (Fsp3) is 0.769. The quantitative estimate of drug-likeness (QED) is 0.603. The molecule has 0 bridgehead atoms. The number of rotatable bonds is 7. The molecule has 0 atom stereocenters. The number of carbonyl (C=O) groups excluding carboxylic acids is 1. The average Bonchev–Trinajstić information content (AvgIpc) is 2.11. The Labute approximate surface area is 92.7 Å². The van der Waals surface area contributed by atoms with Crippen LogP contribution in [0.25, 0.3) is 0 Å². The molecule has 0 N–H and O–H groups in total. The molecule has 0 aliphatic heterocycles. The first-order valence-electron chi connectivity index (χ1n) is 5.89. The Kier molecular flexibility index (Phi) is 5.03. The molecule has 1 aliphatic rings. The van der Waals surface area contributed by atoms with Crippen molar-refractivity contribution in [2.75, 3.05) is 6.61 Å². The number of hydrogen-bond donors (Lipinski definition) is 0. The van der Waals surface area contributed by atoms with Crippen molar-refractivity contribution in [3.8, 4) is 0 Å². The molecular weight excluding hydrogens is 188 g/mol. The summed E-state index contributed by atoms with van der Waals surface area (Å²) < 4.78 is 5.46. The minimum atomic E-state index is 0.387. The van der Waals surface area contributed by atoms with E-state index in [1.807, 2.05) is 13.8 Å². The molecule has 0 unspecified atom stereocenters. The lowest BCUT2D eigenvalue weighted by atomic mass is 9.78. The van der Waals surface area contributed by atoms with Crippen molar-refractivity contribution in [3.63, 3.8) is 0 Å². The van der Waals surface area contributed by atoms with Crippen LogP contribution in [-0.4, -0.2) is 18.5 Å². The molecule has 86 valence electrons. The Morgan fingerprint density at radius 3 is 2.60 bits per heavy atom. The van der Waals surface area contributed by atoms with Gasteiger partial charge in [-0.15, -0.1) is 6.58 Å². The summed E-state index contributed by atoms with van der Waals surface area (Å²) in [5.74, 6) is 0.970. The summed E-state index contributed by atoms with van der Waals surface area (Å²) >= 11 is 0. The molecule has 0 aromatic carbocycles. The van der Waals surface area contributed by atoms with Crippen LogP contribution < -0.4 is 0 Å². The first kappa shape index (κ1) is 12.4. The number of carbonyl (C=O) groups is 1. The molecule has 1 aliphatic carbocycles. The van der Waals surface area contributed by atoms with Crippen molar-refractivity contribution in [3.05, 3.63) is 12.2 Å². The topological polar surface area (TPSA) is 26.3 Å². The molecule has 0 radical (unpaired) electrons. The normalized spacial score (nSPS) is 24.7. The average molecular weight is 210 g/mol. The van der Waals surface area contributed by atoms with E-state index in [0.717, 1.165) is 37.9 Å². The monoisotopic (exact) mass is 210 g/mol. The van der Waals surface area contributed by atoms with Gasteiger partial charge in [0.2, 0.25) is 0 Å². The Morgan fingerprint density at radius 2 is 2.07 bits per heavy atom. The maximum Gasteiger partial charge on any atom is 0.133 e. The highest BCUT2D eigenvalue weighted by molar-refractivity contribution is 5.78. The van der Waals surface area contributed by atoms with E-state index in [0.29, 0.717) is 24.2 Å². The summed E-state index contributed by atoms with van der Waals surface area (Å²) in [6.07, 6.45) is 4.84. The van der Waals surface area contributed by atoms with E-state index >= 15 is 0 Å². The summed E-state index contributed by atoms with van der Waals surface area (Å²) in [4.78, 5) is 11.5. The maximum absolute atomic E-state index is 11.5. The highest BCUT2D eigenvalue weighted by atomic mass is 16.5. The zero-order valence-corrected chi connectivity index (χ0v) is 9.92. The van der Waals surface area contributed by atoms with Crippen LogP contribution in [0.3, 0.4) is 0 Å². The third kappa shape index (κ3) is 4.61. The summed E-state index contributed by atoms with van der Waals surface area (Å²) in [6, 6.07) is 0. The van der Waals surface area contributed by atoms with E-state index in [1.54, 1.807) is 0 Å². The van der Waals surface area contributed by atoms with Crippen LogP contribution in [-0.2, 0) is 9.53 Å². The van der Waals surface area contributed by atoms with Gasteiger partial charge in [0, 0.05) is 19.4 Å². The van der Waals surface area contributed by atoms with Gasteiger partial charge in [0.1, 0.15) is 5.78 Å². The second kappa shape index (κ2) is 6.06. The van der Waals surface area contributed by atoms with Gasteiger partial charge in [-0.25, -0.2) is 0 Å². The van der Waals surface area contributed by atoms with Gasteiger partial charge in [-0.2, -0.15) is 0 Å². The van der Waals surface area contributed by atoms with Crippen molar-refractivity contribution in [2.45, 2.75) is 52.1 Å². The molecule has 0 saturated heterocycles. The summed E-state index contributed by atoms with van der Waals surface area (Å²) in [7, 11) is 0. The minimum absolute atomic E-state index is 0.387. The van der Waals surface area contributed by atoms with Crippen molar-refractivity contribution < 1.29 is 9.53 Å². The van der Waals surface area contributed by atoms with Gasteiger partial charge in [-0.1, -0.05) is 5.57 Å². The SMILES string of the molecule is C=C(C)CCC(=O)CC1CC(OCC)C1. The molecular formula is C13H22O2. The smallest absolute Gasteiger partial charge is 0.133 e. The van der Waals surface area contributed by atoms with Crippen LogP contribution in [0.2, 0.25) is 0 Å². The molecule has 1 rings (SSSR count). The van der Waals surface area contributed by atoms with E-state index < -0.39 is 0 Å². The Morgan fingerprint density at radius 1 is 1.40 bits per heavy atom. The van der Waals surface area contributed by atoms with Crippen LogP contribution in [0, 0.1) is 5.92 Å². The highest BCUT2D eigenvalue weighted by Gasteiger charge is 2.30. The van der Waals surface area contributed by atoms with Crippen LogP contribution in [0.4, 0.5) is 0 Å². The number of ketones is 1.